The molecule has 4 aromatic heterocycles. The minimum Gasteiger partial charge on any atom is -0.412 e. The van der Waals surface area contributed by atoms with Crippen molar-refractivity contribution in [1.29, 1.82) is 0 Å². The summed E-state index contributed by atoms with van der Waals surface area (Å²) in [6, 6.07) is 0. The number of quaternary nitrogens is 4. The van der Waals surface area contributed by atoms with E-state index in [1.807, 2.05) is 0 Å². The number of nitro groups is 4. The van der Waals surface area contributed by atoms with Gasteiger partial charge in [-0.25, -0.2) is 60.9 Å². The van der Waals surface area contributed by atoms with Crippen molar-refractivity contribution in [1.82, 2.24) is 70.8 Å². The summed E-state index contributed by atoms with van der Waals surface area (Å²) in [5.74, 6) is 26.7. The van der Waals surface area contributed by atoms with Crippen LogP contribution in [0.15, 0.2) is 0 Å². The standard InChI is InChI=1S/2C4H3N11O4.4H4N2.H2O/c2*16-14(17)9-3-5-2(6-7-3)1-13-4(8-11-12-13)10-15(18)19;4*1-2;/h2*1H2,(H-2,5,6,7,8,9,10,12);4*1-2H2;1H2/q2*-2;;;;;/p+4. The zero-order chi connectivity index (χ0) is 35.7. The average Bonchev–Trinajstić information content (AvgIpc) is 3.84. The van der Waals surface area contributed by atoms with Crippen LogP contribution in [-0.2, 0) is 13.1 Å². The molecule has 39 nitrogen and oxygen atoms in total. The van der Waals surface area contributed by atoms with Crippen LogP contribution < -0.4 is 46.7 Å². The van der Waals surface area contributed by atoms with E-state index in [-0.39, 0.29) is 54.0 Å². The van der Waals surface area contributed by atoms with Crippen LogP contribution >= 0.6 is 0 Å². The van der Waals surface area contributed by atoms with Gasteiger partial charge in [0, 0.05) is 13.1 Å². The highest BCUT2D eigenvalue weighted by molar-refractivity contribution is 5.27. The molecule has 0 aliphatic heterocycles. The molecule has 264 valence electrons. The van der Waals surface area contributed by atoms with E-state index in [0.29, 0.717) is 0 Å². The zero-order valence-electron chi connectivity index (χ0n) is 23.3. The van der Waals surface area contributed by atoms with E-state index in [0.717, 1.165) is 9.36 Å². The summed E-state index contributed by atoms with van der Waals surface area (Å²) in [5, 5.41) is 68.2. The number of aromatic amines is 2. The molecule has 0 bridgehead atoms. The van der Waals surface area contributed by atoms with Gasteiger partial charge in [-0.1, -0.05) is 21.7 Å². The molecule has 0 spiro atoms. The Bertz CT molecular complexity index is 1320. The number of tetrazole rings is 2. The van der Waals surface area contributed by atoms with Gasteiger partial charge in [0.15, 0.2) is 0 Å². The number of rotatable bonds is 12. The Morgan fingerprint density at radius 1 is 0.596 bits per heavy atom. The molecule has 0 atom stereocenters. The summed E-state index contributed by atoms with van der Waals surface area (Å²) in [6.45, 7) is -0.327. The molecule has 0 radical (unpaired) electrons. The van der Waals surface area contributed by atoms with Gasteiger partial charge in [-0.2, -0.15) is 23.4 Å². The van der Waals surface area contributed by atoms with Crippen LogP contribution in [0, 0.1) is 40.5 Å². The van der Waals surface area contributed by atoms with Crippen molar-refractivity contribution in [3.05, 3.63) is 73.8 Å². The maximum atomic E-state index is 10.2. The molecule has 0 saturated carbocycles. The van der Waals surface area contributed by atoms with Crippen LogP contribution in [0.5, 0.6) is 0 Å². The highest BCUT2D eigenvalue weighted by atomic mass is 16.7. The number of hydrogen-bond donors (Lipinski definition) is 10. The normalized spacial score (nSPS) is 8.68. The van der Waals surface area contributed by atoms with Crippen molar-refractivity contribution in [2.75, 3.05) is 0 Å². The van der Waals surface area contributed by atoms with Crippen LogP contribution in [0.2, 0.25) is 0 Å². The van der Waals surface area contributed by atoms with Gasteiger partial charge in [-0.3, -0.25) is 32.7 Å². The molecule has 0 aliphatic carbocycles. The van der Waals surface area contributed by atoms with Gasteiger partial charge < -0.3 is 25.6 Å². The van der Waals surface area contributed by atoms with E-state index in [1.165, 1.54) is 0 Å². The van der Waals surface area contributed by atoms with Gasteiger partial charge >= 0.3 is 0 Å². The molecule has 24 N–H and O–H groups in total. The second-order valence-electron chi connectivity index (χ2n) is 5.77. The Labute approximate surface area is 254 Å². The lowest BCUT2D eigenvalue weighted by Crippen LogP contribution is -2.59. The van der Waals surface area contributed by atoms with Gasteiger partial charge in [-0.15, -0.1) is 20.9 Å². The van der Waals surface area contributed by atoms with Gasteiger partial charge in [0.1, 0.15) is 43.9 Å². The SMILES string of the molecule is N[NH3+].N[NH3+].N[NH3+].N[NH3+].O.O=[N+]([O-])[N-]c1nc(Cn2nnnc2[N-][N+](=O)[O-])n[nH]1.O=[N+]([O-])[N-]c1nc(Cn2nnnc2[N-][N+](=O)[O-])n[nH]1. The fourth-order valence-corrected chi connectivity index (χ4v) is 2.12. The predicted molar refractivity (Wildman–Crippen MR) is 139 cm³/mol. The average molecular weight is 689 g/mol. The van der Waals surface area contributed by atoms with Crippen LogP contribution in [-0.4, -0.2) is 96.4 Å². The predicted octanol–water partition coefficient (Wildman–Crippen LogP) is -9.95. The van der Waals surface area contributed by atoms with E-state index in [2.05, 4.69) is 130 Å². The lowest BCUT2D eigenvalue weighted by molar-refractivity contribution is -0.419. The topological polar surface area (TPSA) is 645 Å². The highest BCUT2D eigenvalue weighted by Gasteiger charge is 2.06. The smallest absolute Gasteiger partial charge is 0.127 e. The zero-order valence-corrected chi connectivity index (χ0v) is 23.3. The number of H-pyrrole nitrogens is 2. The summed E-state index contributed by atoms with van der Waals surface area (Å²) < 4.78 is 1.89. The van der Waals surface area contributed by atoms with E-state index < -0.39 is 20.1 Å². The number of aromatic nitrogens is 14. The van der Waals surface area contributed by atoms with Gasteiger partial charge in [0.25, 0.3) is 0 Å². The molecule has 47 heavy (non-hydrogen) atoms. The number of nitrogens with zero attached hydrogens (tertiary/aromatic N) is 20. The molecule has 0 unspecified atom stereocenters. The van der Waals surface area contributed by atoms with E-state index in [9.17, 15) is 40.5 Å². The molecule has 0 saturated heterocycles. The molecule has 4 rings (SSSR count). The Morgan fingerprint density at radius 3 is 1.17 bits per heavy atom. The summed E-state index contributed by atoms with van der Waals surface area (Å²) in [6.07, 6.45) is 0. The Kier molecular flexibility index (Phi) is 23.9. The first-order valence-corrected chi connectivity index (χ1v) is 10.5. The van der Waals surface area contributed by atoms with Crippen molar-refractivity contribution in [3.63, 3.8) is 0 Å². The third-order valence-corrected chi connectivity index (χ3v) is 3.34. The Morgan fingerprint density at radius 2 is 0.894 bits per heavy atom. The summed E-state index contributed by atoms with van der Waals surface area (Å²) in [7, 11) is 0. The third kappa shape index (κ3) is 17.5. The molecular weight excluding hydrogens is 660 g/mol. The Balaban J connectivity index is -0.000000668. The van der Waals surface area contributed by atoms with Crippen molar-refractivity contribution in [2.24, 2.45) is 23.4 Å². The lowest BCUT2D eigenvalue weighted by atomic mass is 10.6. The first-order valence-electron chi connectivity index (χ1n) is 10.5. The van der Waals surface area contributed by atoms with E-state index in [4.69, 9.17) is 0 Å². The molecule has 0 aromatic carbocycles. The molecule has 0 amide bonds. The molecule has 0 aliphatic rings. The van der Waals surface area contributed by atoms with Crippen molar-refractivity contribution in [2.45, 2.75) is 13.1 Å². The largest absolute Gasteiger partial charge is 0.412 e. The quantitative estimate of drug-likeness (QED) is 0.0375. The van der Waals surface area contributed by atoms with Crippen molar-refractivity contribution >= 4 is 23.8 Å². The summed E-state index contributed by atoms with van der Waals surface area (Å²) >= 11 is 0. The molecule has 0 fully saturated rings. The highest BCUT2D eigenvalue weighted by Crippen LogP contribution is 2.16. The summed E-state index contributed by atoms with van der Waals surface area (Å²) in [5.41, 5.74) is 11.6. The number of nitrogens with two attached hydrogens (primary N) is 4. The van der Waals surface area contributed by atoms with Gasteiger partial charge in [-0.05, 0) is 0 Å². The maximum absolute atomic E-state index is 10.2. The molecule has 4 aromatic rings. The van der Waals surface area contributed by atoms with E-state index in [1.54, 1.807) is 0 Å². The second-order valence-corrected chi connectivity index (χ2v) is 5.77. The maximum Gasteiger partial charge on any atom is 0.127 e. The molecular formula is C8H28N30O9. The van der Waals surface area contributed by atoms with Crippen molar-refractivity contribution in [3.8, 4) is 0 Å². The van der Waals surface area contributed by atoms with E-state index >= 15 is 0 Å². The number of nitrogens with one attached hydrogen (secondary N) is 2. The summed E-state index contributed by atoms with van der Waals surface area (Å²) in [4.78, 5) is 47.9. The minimum absolute atomic E-state index is 0. The van der Waals surface area contributed by atoms with Crippen LogP contribution in [0.1, 0.15) is 11.6 Å². The van der Waals surface area contributed by atoms with Gasteiger partial charge in [0.2, 0.25) is 0 Å². The monoisotopic (exact) mass is 688 g/mol. The molecule has 39 heteroatoms. The minimum atomic E-state index is -0.965. The van der Waals surface area contributed by atoms with Gasteiger partial charge in [0.05, 0.1) is 11.6 Å². The Hall–Kier alpha value is -7.14. The van der Waals surface area contributed by atoms with Crippen LogP contribution in [0.3, 0.4) is 0 Å². The molecule has 4 heterocycles. The number of hydrogen-bond acceptors (Lipinski definition) is 22. The second kappa shape index (κ2) is 25.4. The fourth-order valence-electron chi connectivity index (χ4n) is 2.12. The third-order valence-electron chi connectivity index (χ3n) is 3.34. The van der Waals surface area contributed by atoms with Crippen LogP contribution in [0.4, 0.5) is 23.8 Å². The first-order chi connectivity index (χ1) is 22.1. The van der Waals surface area contributed by atoms with Crippen LogP contribution in [0.25, 0.3) is 21.7 Å². The fraction of sp³-hybridized carbons (Fsp3) is 0.250. The lowest BCUT2D eigenvalue weighted by Gasteiger charge is -2.06. The first kappa shape index (κ1) is 44.3. The van der Waals surface area contributed by atoms with Crippen molar-refractivity contribution < 1.29 is 49.0 Å².